The fourth-order valence-electron chi connectivity index (χ4n) is 2.95. The Labute approximate surface area is 127 Å². The Hall–Kier alpha value is -0.330. The molecule has 0 saturated heterocycles. The summed E-state index contributed by atoms with van der Waals surface area (Å²) < 4.78 is 0. The summed E-state index contributed by atoms with van der Waals surface area (Å²) in [7, 11) is 0. The molecule has 0 aliphatic heterocycles. The van der Waals surface area contributed by atoms with Gasteiger partial charge < -0.3 is 0 Å². The van der Waals surface area contributed by atoms with Gasteiger partial charge in [0.05, 0.1) is 0 Å². The highest BCUT2D eigenvalue weighted by Gasteiger charge is 2.11. The van der Waals surface area contributed by atoms with E-state index in [4.69, 9.17) is 0 Å². The molecule has 0 heterocycles. The first-order valence-corrected chi connectivity index (χ1v) is 9.22. The zero-order valence-electron chi connectivity index (χ0n) is 14.4. The van der Waals surface area contributed by atoms with Gasteiger partial charge in [0.2, 0.25) is 0 Å². The third-order valence-corrected chi connectivity index (χ3v) is 4.37. The molecular weight excluding hydrogens is 244 g/mol. The van der Waals surface area contributed by atoms with Crippen LogP contribution in [0, 0.1) is 5.92 Å². The number of unbranched alkanes of at least 4 members (excludes halogenated alkanes) is 10. The van der Waals surface area contributed by atoms with Crippen LogP contribution in [0.4, 0.5) is 0 Å². The van der Waals surface area contributed by atoms with Gasteiger partial charge in [-0.3, -0.25) is 4.79 Å². The number of ketones is 1. The van der Waals surface area contributed by atoms with Crippen molar-refractivity contribution in [1.82, 2.24) is 0 Å². The summed E-state index contributed by atoms with van der Waals surface area (Å²) in [5, 5.41) is 0. The molecule has 1 atom stereocenters. The van der Waals surface area contributed by atoms with Crippen LogP contribution in [0.3, 0.4) is 0 Å². The van der Waals surface area contributed by atoms with Gasteiger partial charge in [-0.05, 0) is 19.8 Å². The Morgan fingerprint density at radius 3 is 1.50 bits per heavy atom. The quantitative estimate of drug-likeness (QED) is 0.306. The standard InChI is InChI=1S/C19H38O/c1-4-6-7-8-9-10-11-12-13-14-15-17-19(16-5-2)18(3)20/h19H,4-17H2,1-3H3. The Morgan fingerprint density at radius 2 is 1.10 bits per heavy atom. The average molecular weight is 283 g/mol. The Kier molecular flexibility index (Phi) is 14.8. The molecule has 0 aromatic rings. The Morgan fingerprint density at radius 1 is 0.650 bits per heavy atom. The molecule has 0 aromatic heterocycles. The maximum atomic E-state index is 11.4. The lowest BCUT2D eigenvalue weighted by atomic mass is 9.93. The van der Waals surface area contributed by atoms with Crippen LogP contribution in [-0.4, -0.2) is 5.78 Å². The van der Waals surface area contributed by atoms with E-state index in [-0.39, 0.29) is 0 Å². The summed E-state index contributed by atoms with van der Waals surface area (Å²) >= 11 is 0. The second-order valence-electron chi connectivity index (χ2n) is 6.42. The van der Waals surface area contributed by atoms with E-state index in [1.54, 1.807) is 6.92 Å². The largest absolute Gasteiger partial charge is 0.300 e. The van der Waals surface area contributed by atoms with Crippen molar-refractivity contribution in [2.24, 2.45) is 5.92 Å². The van der Waals surface area contributed by atoms with Crippen molar-refractivity contribution in [2.75, 3.05) is 0 Å². The first kappa shape index (κ1) is 19.7. The molecule has 120 valence electrons. The number of carbonyl (C=O) groups excluding carboxylic acids is 1. The van der Waals surface area contributed by atoms with Crippen LogP contribution >= 0.6 is 0 Å². The lowest BCUT2D eigenvalue weighted by Crippen LogP contribution is -2.10. The van der Waals surface area contributed by atoms with E-state index in [9.17, 15) is 4.79 Å². The van der Waals surface area contributed by atoms with Gasteiger partial charge >= 0.3 is 0 Å². The number of Topliss-reactive ketones (excluding diaryl/α,β-unsaturated/α-hetero) is 1. The molecule has 0 aromatic carbocycles. The van der Waals surface area contributed by atoms with Gasteiger partial charge in [0, 0.05) is 5.92 Å². The van der Waals surface area contributed by atoms with Crippen molar-refractivity contribution in [3.05, 3.63) is 0 Å². The molecule has 1 nitrogen and oxygen atoms in total. The minimum Gasteiger partial charge on any atom is -0.300 e. The van der Waals surface area contributed by atoms with E-state index < -0.39 is 0 Å². The van der Waals surface area contributed by atoms with Crippen molar-refractivity contribution in [3.8, 4) is 0 Å². The number of rotatable bonds is 15. The van der Waals surface area contributed by atoms with Gasteiger partial charge in [-0.15, -0.1) is 0 Å². The third-order valence-electron chi connectivity index (χ3n) is 4.37. The molecule has 20 heavy (non-hydrogen) atoms. The van der Waals surface area contributed by atoms with Crippen LogP contribution < -0.4 is 0 Å². The van der Waals surface area contributed by atoms with E-state index in [0.717, 1.165) is 19.3 Å². The van der Waals surface area contributed by atoms with Crippen molar-refractivity contribution in [3.63, 3.8) is 0 Å². The first-order chi connectivity index (χ1) is 9.72. The summed E-state index contributed by atoms with van der Waals surface area (Å²) in [6, 6.07) is 0. The minimum atomic E-state index is 0.346. The molecule has 0 aliphatic carbocycles. The summed E-state index contributed by atoms with van der Waals surface area (Å²) in [5.41, 5.74) is 0. The predicted molar refractivity (Wildman–Crippen MR) is 90.2 cm³/mol. The molecule has 0 radical (unpaired) electrons. The Balaban J connectivity index is 3.25. The fraction of sp³-hybridized carbons (Fsp3) is 0.947. The summed E-state index contributed by atoms with van der Waals surface area (Å²) in [6.45, 7) is 6.21. The molecule has 0 N–H and O–H groups in total. The van der Waals surface area contributed by atoms with Crippen molar-refractivity contribution < 1.29 is 4.79 Å². The number of carbonyl (C=O) groups is 1. The maximum absolute atomic E-state index is 11.4. The van der Waals surface area contributed by atoms with Gasteiger partial charge in [-0.1, -0.05) is 90.9 Å². The SMILES string of the molecule is CCCCCCCCCCCCCC(CCC)C(C)=O. The van der Waals surface area contributed by atoms with Crippen LogP contribution in [0.2, 0.25) is 0 Å². The third kappa shape index (κ3) is 12.7. The molecule has 0 rings (SSSR count). The average Bonchev–Trinajstić information content (AvgIpc) is 2.43. The summed E-state index contributed by atoms with van der Waals surface area (Å²) in [5.74, 6) is 0.748. The van der Waals surface area contributed by atoms with Crippen molar-refractivity contribution in [2.45, 2.75) is 111 Å². The monoisotopic (exact) mass is 282 g/mol. The van der Waals surface area contributed by atoms with Crippen LogP contribution in [0.5, 0.6) is 0 Å². The van der Waals surface area contributed by atoms with Gasteiger partial charge in [0.15, 0.2) is 0 Å². The molecule has 0 saturated carbocycles. The molecular formula is C19H38O. The molecule has 1 heteroatoms. The second kappa shape index (κ2) is 15.1. The lowest BCUT2D eigenvalue weighted by molar-refractivity contribution is -0.121. The van der Waals surface area contributed by atoms with E-state index in [0.29, 0.717) is 11.7 Å². The smallest absolute Gasteiger partial charge is 0.132 e. The van der Waals surface area contributed by atoms with Gasteiger partial charge in [-0.25, -0.2) is 0 Å². The van der Waals surface area contributed by atoms with Crippen LogP contribution in [-0.2, 0) is 4.79 Å². The molecule has 0 bridgehead atoms. The fourth-order valence-corrected chi connectivity index (χ4v) is 2.95. The topological polar surface area (TPSA) is 17.1 Å². The van der Waals surface area contributed by atoms with E-state index in [2.05, 4.69) is 13.8 Å². The van der Waals surface area contributed by atoms with Crippen molar-refractivity contribution >= 4 is 5.78 Å². The second-order valence-corrected chi connectivity index (χ2v) is 6.42. The molecule has 1 unspecified atom stereocenters. The molecule has 0 spiro atoms. The molecule has 0 amide bonds. The number of hydrogen-bond acceptors (Lipinski definition) is 1. The van der Waals surface area contributed by atoms with Gasteiger partial charge in [0.25, 0.3) is 0 Å². The highest BCUT2D eigenvalue weighted by atomic mass is 16.1. The van der Waals surface area contributed by atoms with Gasteiger partial charge in [0.1, 0.15) is 5.78 Å². The molecule has 0 fully saturated rings. The maximum Gasteiger partial charge on any atom is 0.132 e. The first-order valence-electron chi connectivity index (χ1n) is 9.22. The molecule has 0 aliphatic rings. The van der Waals surface area contributed by atoms with Crippen LogP contribution in [0.25, 0.3) is 0 Å². The summed E-state index contributed by atoms with van der Waals surface area (Å²) in [6.07, 6.45) is 18.6. The van der Waals surface area contributed by atoms with Crippen LogP contribution in [0.15, 0.2) is 0 Å². The van der Waals surface area contributed by atoms with Crippen molar-refractivity contribution in [1.29, 1.82) is 0 Å². The van der Waals surface area contributed by atoms with E-state index >= 15 is 0 Å². The zero-order valence-corrected chi connectivity index (χ0v) is 14.4. The van der Waals surface area contributed by atoms with E-state index in [1.165, 1.54) is 70.6 Å². The van der Waals surface area contributed by atoms with Crippen LogP contribution in [0.1, 0.15) is 111 Å². The predicted octanol–water partition coefficient (Wildman–Crippen LogP) is 6.69. The van der Waals surface area contributed by atoms with Gasteiger partial charge in [-0.2, -0.15) is 0 Å². The number of hydrogen-bond donors (Lipinski definition) is 0. The van der Waals surface area contributed by atoms with E-state index in [1.807, 2.05) is 0 Å². The highest BCUT2D eigenvalue weighted by molar-refractivity contribution is 5.78. The Bertz CT molecular complexity index is 210. The lowest BCUT2D eigenvalue weighted by Gasteiger charge is -2.12. The summed E-state index contributed by atoms with van der Waals surface area (Å²) in [4.78, 5) is 11.4. The zero-order chi connectivity index (χ0) is 15.1. The normalized spacial score (nSPS) is 12.6. The minimum absolute atomic E-state index is 0.346. The highest BCUT2D eigenvalue weighted by Crippen LogP contribution is 2.18.